The lowest BCUT2D eigenvalue weighted by Crippen LogP contribution is -2.39. The number of nitro benzene ring substituents is 1. The van der Waals surface area contributed by atoms with E-state index in [0.717, 1.165) is 4.31 Å². The second kappa shape index (κ2) is 10.4. The van der Waals surface area contributed by atoms with Crippen molar-refractivity contribution in [3.05, 3.63) is 64.2 Å². The number of nitrogens with zero attached hydrogens (tertiary/aromatic N) is 2. The minimum Gasteiger partial charge on any atom is -0.444 e. The summed E-state index contributed by atoms with van der Waals surface area (Å²) in [6.07, 6.45) is -0.778. The fourth-order valence-electron chi connectivity index (χ4n) is 2.65. The maximum atomic E-state index is 13.2. The second-order valence-electron chi connectivity index (χ2n) is 7.89. The zero-order valence-electron chi connectivity index (χ0n) is 18.1. The molecule has 0 saturated carbocycles. The first-order chi connectivity index (χ1) is 15.3. The van der Waals surface area contributed by atoms with Crippen LogP contribution in [-0.4, -0.2) is 47.0 Å². The summed E-state index contributed by atoms with van der Waals surface area (Å²) < 4.78 is 32.4. The lowest BCUT2D eigenvalue weighted by molar-refractivity contribution is -0.384. The number of nitrogens with one attached hydrogen (secondary N) is 2. The van der Waals surface area contributed by atoms with Crippen molar-refractivity contribution in [2.45, 2.75) is 37.8 Å². The van der Waals surface area contributed by atoms with E-state index >= 15 is 0 Å². The van der Waals surface area contributed by atoms with Gasteiger partial charge in [0, 0.05) is 24.4 Å². The third kappa shape index (κ3) is 7.52. The van der Waals surface area contributed by atoms with Gasteiger partial charge >= 0.3 is 6.09 Å². The summed E-state index contributed by atoms with van der Waals surface area (Å²) in [7, 11) is -4.29. The standard InChI is InChI=1S/C20H24N4O8S/c1-20(2,3)32-19(26)21-15-5-4-6-17(11-15)33(30,31)23(13-18(25)22-27)12-14-7-9-16(10-8-14)24(28)29/h4-11,27H,12-13H2,1-3H3,(H,21,26)(H,22,25). The number of hydrogen-bond donors (Lipinski definition) is 3. The number of rotatable bonds is 8. The Balaban J connectivity index is 2.33. The van der Waals surface area contributed by atoms with E-state index < -0.39 is 39.1 Å². The van der Waals surface area contributed by atoms with Crippen LogP contribution in [0.2, 0.25) is 0 Å². The average molecular weight is 480 g/mol. The van der Waals surface area contributed by atoms with Crippen molar-refractivity contribution in [1.29, 1.82) is 0 Å². The molecule has 13 heteroatoms. The van der Waals surface area contributed by atoms with Gasteiger partial charge in [-0.3, -0.25) is 25.4 Å². The normalized spacial score (nSPS) is 11.7. The van der Waals surface area contributed by atoms with Crippen LogP contribution in [0, 0.1) is 10.1 Å². The third-order valence-corrected chi connectivity index (χ3v) is 5.86. The van der Waals surface area contributed by atoms with Gasteiger partial charge in [0.1, 0.15) is 5.60 Å². The molecule has 2 amide bonds. The first-order valence-corrected chi connectivity index (χ1v) is 11.0. The highest BCUT2D eigenvalue weighted by Gasteiger charge is 2.28. The first-order valence-electron chi connectivity index (χ1n) is 9.58. The molecule has 0 aliphatic heterocycles. The largest absolute Gasteiger partial charge is 0.444 e. The number of sulfonamides is 1. The van der Waals surface area contributed by atoms with Crippen LogP contribution in [0.4, 0.5) is 16.2 Å². The van der Waals surface area contributed by atoms with E-state index in [9.17, 15) is 28.1 Å². The monoisotopic (exact) mass is 480 g/mol. The van der Waals surface area contributed by atoms with Crippen LogP contribution < -0.4 is 10.8 Å². The highest BCUT2D eigenvalue weighted by Crippen LogP contribution is 2.23. The molecule has 2 rings (SSSR count). The molecule has 0 radical (unpaired) electrons. The maximum Gasteiger partial charge on any atom is 0.412 e. The molecule has 33 heavy (non-hydrogen) atoms. The van der Waals surface area contributed by atoms with Gasteiger partial charge in [0.25, 0.3) is 11.6 Å². The Bertz CT molecular complexity index is 1130. The molecular weight excluding hydrogens is 456 g/mol. The van der Waals surface area contributed by atoms with E-state index in [4.69, 9.17) is 9.94 Å². The van der Waals surface area contributed by atoms with E-state index in [1.165, 1.54) is 54.0 Å². The number of nitro groups is 1. The number of anilines is 1. The van der Waals surface area contributed by atoms with Gasteiger partial charge in [0.15, 0.2) is 0 Å². The van der Waals surface area contributed by atoms with Crippen molar-refractivity contribution in [1.82, 2.24) is 9.79 Å². The van der Waals surface area contributed by atoms with Crippen LogP contribution in [-0.2, 0) is 26.1 Å². The molecule has 178 valence electrons. The number of amides is 2. The summed E-state index contributed by atoms with van der Waals surface area (Å²) in [5.41, 5.74) is 0.963. The zero-order valence-corrected chi connectivity index (χ0v) is 19.0. The molecule has 2 aromatic rings. The Morgan fingerprint density at radius 3 is 2.33 bits per heavy atom. The average Bonchev–Trinajstić information content (AvgIpc) is 2.72. The van der Waals surface area contributed by atoms with Gasteiger partial charge in [0.05, 0.1) is 16.4 Å². The fourth-order valence-corrected chi connectivity index (χ4v) is 4.08. The molecule has 3 N–H and O–H groups in total. The van der Waals surface area contributed by atoms with Crippen molar-refractivity contribution >= 4 is 33.4 Å². The quantitative estimate of drug-likeness (QED) is 0.294. The first kappa shape index (κ1) is 25.7. The Morgan fingerprint density at radius 1 is 1.15 bits per heavy atom. The number of hydroxylamine groups is 1. The van der Waals surface area contributed by atoms with Crippen molar-refractivity contribution < 1.29 is 32.9 Å². The van der Waals surface area contributed by atoms with Gasteiger partial charge in [-0.1, -0.05) is 18.2 Å². The van der Waals surface area contributed by atoms with E-state index in [1.807, 2.05) is 0 Å². The van der Waals surface area contributed by atoms with Crippen LogP contribution >= 0.6 is 0 Å². The Morgan fingerprint density at radius 2 is 1.79 bits per heavy atom. The molecule has 0 spiro atoms. The van der Waals surface area contributed by atoms with Gasteiger partial charge in [0.2, 0.25) is 10.0 Å². The van der Waals surface area contributed by atoms with Crippen molar-refractivity contribution in [2.75, 3.05) is 11.9 Å². The van der Waals surface area contributed by atoms with Crippen LogP contribution in [0.15, 0.2) is 53.4 Å². The van der Waals surface area contributed by atoms with Gasteiger partial charge in [-0.2, -0.15) is 4.31 Å². The van der Waals surface area contributed by atoms with Gasteiger partial charge in [-0.15, -0.1) is 0 Å². The SMILES string of the molecule is CC(C)(C)OC(=O)Nc1cccc(S(=O)(=O)N(CC(=O)NO)Cc2ccc([N+](=O)[O-])cc2)c1. The predicted octanol–water partition coefficient (Wildman–Crippen LogP) is 2.64. The summed E-state index contributed by atoms with van der Waals surface area (Å²) in [6, 6.07) is 10.5. The molecule has 0 aliphatic carbocycles. The smallest absolute Gasteiger partial charge is 0.412 e. The molecule has 12 nitrogen and oxygen atoms in total. The molecule has 0 aromatic heterocycles. The molecule has 2 aromatic carbocycles. The molecule has 0 unspecified atom stereocenters. The second-order valence-corrected chi connectivity index (χ2v) is 9.82. The molecule has 0 fully saturated rings. The summed E-state index contributed by atoms with van der Waals surface area (Å²) in [4.78, 5) is 33.7. The number of benzene rings is 2. The van der Waals surface area contributed by atoms with Gasteiger partial charge in [-0.05, 0) is 44.5 Å². The lowest BCUT2D eigenvalue weighted by atomic mass is 10.2. The third-order valence-electron chi connectivity index (χ3n) is 4.07. The summed E-state index contributed by atoms with van der Waals surface area (Å²) >= 11 is 0. The molecule has 0 atom stereocenters. The maximum absolute atomic E-state index is 13.2. The number of ether oxygens (including phenoxy) is 1. The van der Waals surface area contributed by atoms with Crippen LogP contribution in [0.3, 0.4) is 0 Å². The minimum atomic E-state index is -4.29. The highest BCUT2D eigenvalue weighted by molar-refractivity contribution is 7.89. The van der Waals surface area contributed by atoms with Crippen LogP contribution in [0.1, 0.15) is 26.3 Å². The fraction of sp³-hybridized carbons (Fsp3) is 0.300. The van der Waals surface area contributed by atoms with E-state index in [0.29, 0.717) is 5.56 Å². The van der Waals surface area contributed by atoms with E-state index in [1.54, 1.807) is 20.8 Å². The van der Waals surface area contributed by atoms with Gasteiger partial charge in [-0.25, -0.2) is 18.7 Å². The number of hydrogen-bond acceptors (Lipinski definition) is 8. The van der Waals surface area contributed by atoms with Crippen molar-refractivity contribution in [2.24, 2.45) is 0 Å². The molecule has 0 heterocycles. The molecule has 0 bridgehead atoms. The van der Waals surface area contributed by atoms with Crippen molar-refractivity contribution in [3.63, 3.8) is 0 Å². The number of non-ortho nitro benzene ring substituents is 1. The molecular formula is C20H24N4O8S. The zero-order chi connectivity index (χ0) is 24.8. The van der Waals surface area contributed by atoms with Crippen LogP contribution in [0.5, 0.6) is 0 Å². The van der Waals surface area contributed by atoms with E-state index in [-0.39, 0.29) is 22.8 Å². The Kier molecular flexibility index (Phi) is 8.08. The Hall–Kier alpha value is -3.55. The van der Waals surface area contributed by atoms with Gasteiger partial charge < -0.3 is 4.74 Å². The number of carbonyl (C=O) groups excluding carboxylic acids is 2. The van der Waals surface area contributed by atoms with Crippen LogP contribution in [0.25, 0.3) is 0 Å². The topological polar surface area (TPSA) is 168 Å². The number of carbonyl (C=O) groups is 2. The van der Waals surface area contributed by atoms with Crippen molar-refractivity contribution in [3.8, 4) is 0 Å². The van der Waals surface area contributed by atoms with E-state index in [2.05, 4.69) is 5.32 Å². The summed E-state index contributed by atoms with van der Waals surface area (Å²) in [6.45, 7) is 4.00. The Labute approximate surface area is 190 Å². The summed E-state index contributed by atoms with van der Waals surface area (Å²) in [5, 5.41) is 22.1. The summed E-state index contributed by atoms with van der Waals surface area (Å²) in [5.74, 6) is -0.983. The molecule has 0 aliphatic rings. The lowest BCUT2D eigenvalue weighted by Gasteiger charge is -2.22. The molecule has 0 saturated heterocycles. The highest BCUT2D eigenvalue weighted by atomic mass is 32.2. The minimum absolute atomic E-state index is 0.146. The predicted molar refractivity (Wildman–Crippen MR) is 117 cm³/mol.